The zero-order valence-corrected chi connectivity index (χ0v) is 3.90. The molecule has 0 rings (SSSR count). The summed E-state index contributed by atoms with van der Waals surface area (Å²) in [6.07, 6.45) is 1.55. The van der Waals surface area contributed by atoms with Gasteiger partial charge < -0.3 is 0 Å². The van der Waals surface area contributed by atoms with Crippen molar-refractivity contribution in [3.63, 3.8) is 0 Å². The number of hydrogen-bond acceptors (Lipinski definition) is 1. The third-order valence-electron chi connectivity index (χ3n) is 0.621. The molecule has 0 spiro atoms. The number of carbonyl (C=O) groups is 1. The molecule has 0 aromatic carbocycles. The second kappa shape index (κ2) is 5.41. The Hall–Kier alpha value is -0.590. The van der Waals surface area contributed by atoms with Crippen LogP contribution in [-0.2, 0) is 4.79 Å². The topological polar surface area (TPSA) is 17.1 Å². The maximum atomic E-state index is 9.64. The quantitative estimate of drug-likeness (QED) is 0.382. The molecule has 0 saturated carbocycles. The van der Waals surface area contributed by atoms with Crippen molar-refractivity contribution in [2.24, 2.45) is 0 Å². The van der Waals surface area contributed by atoms with Crippen LogP contribution in [0.4, 0.5) is 0 Å². The minimum absolute atomic E-state index is 0. The first kappa shape index (κ1) is 9.65. The van der Waals surface area contributed by atoms with E-state index >= 15 is 0 Å². The van der Waals surface area contributed by atoms with Crippen LogP contribution in [0.3, 0.4) is 0 Å². The number of allylic oxidation sites excluding steroid dienone is 1. The summed E-state index contributed by atoms with van der Waals surface area (Å²) in [7, 11) is 0. The van der Waals surface area contributed by atoms with Crippen LogP contribution in [0.5, 0.6) is 0 Å². The van der Waals surface area contributed by atoms with E-state index in [1.807, 2.05) is 6.92 Å². The highest BCUT2D eigenvalue weighted by Gasteiger charge is 1.77. The summed E-state index contributed by atoms with van der Waals surface area (Å²) in [5.74, 6) is 0. The van der Waals surface area contributed by atoms with Gasteiger partial charge >= 0.3 is 0 Å². The van der Waals surface area contributed by atoms with E-state index in [4.69, 9.17) is 0 Å². The molecule has 42 valence electrons. The second-order valence-corrected chi connectivity index (χ2v) is 1.13. The Morgan fingerprint density at radius 1 is 1.86 bits per heavy atom. The molecular weight excluding hydrogens is 88.1 g/mol. The summed E-state index contributed by atoms with van der Waals surface area (Å²) < 4.78 is 0. The van der Waals surface area contributed by atoms with Crippen LogP contribution in [0.2, 0.25) is 0 Å². The molecule has 0 fully saturated rings. The van der Waals surface area contributed by atoms with Crippen molar-refractivity contribution < 1.29 is 4.79 Å². The molecule has 0 saturated heterocycles. The molecule has 1 nitrogen and oxygen atoms in total. The predicted molar refractivity (Wildman–Crippen MR) is 32.2 cm³/mol. The first-order chi connectivity index (χ1) is 2.81. The first-order valence-electron chi connectivity index (χ1n) is 1.94. The van der Waals surface area contributed by atoms with Crippen LogP contribution >= 0.6 is 0 Å². The molecule has 0 aromatic rings. The molecule has 0 aliphatic heterocycles. The van der Waals surface area contributed by atoms with E-state index in [-0.39, 0.29) is 7.43 Å². The van der Waals surface area contributed by atoms with Crippen molar-refractivity contribution in [3.05, 3.63) is 12.2 Å². The molecule has 0 radical (unpaired) electrons. The van der Waals surface area contributed by atoms with Crippen LogP contribution in [0.1, 0.15) is 20.8 Å². The summed E-state index contributed by atoms with van der Waals surface area (Å²) in [5.41, 5.74) is 0.662. The number of rotatable bonds is 2. The Morgan fingerprint density at radius 2 is 2.29 bits per heavy atom. The smallest absolute Gasteiger partial charge is 0.145 e. The lowest BCUT2D eigenvalue weighted by Gasteiger charge is -1.79. The number of carbonyl (C=O) groups excluding carboxylic acids is 1. The molecule has 0 bridgehead atoms. The fourth-order valence-corrected chi connectivity index (χ4v) is 0.0833. The lowest BCUT2D eigenvalue weighted by Crippen LogP contribution is -1.73. The predicted octanol–water partition coefficient (Wildman–Crippen LogP) is 1.79. The number of aldehydes is 1. The van der Waals surface area contributed by atoms with Gasteiger partial charge in [0.1, 0.15) is 6.29 Å². The normalized spacial score (nSPS) is 6.43. The van der Waals surface area contributed by atoms with E-state index in [9.17, 15) is 4.79 Å². The van der Waals surface area contributed by atoms with E-state index in [1.54, 1.807) is 0 Å². The second-order valence-electron chi connectivity index (χ2n) is 1.13. The summed E-state index contributed by atoms with van der Waals surface area (Å²) >= 11 is 0. The molecular formula is C6H12O. The molecule has 1 heteroatoms. The summed E-state index contributed by atoms with van der Waals surface area (Å²) in [6, 6.07) is 0. The van der Waals surface area contributed by atoms with Gasteiger partial charge in [0.25, 0.3) is 0 Å². The Labute approximate surface area is 45.0 Å². The molecule has 0 N–H and O–H groups in total. The Bertz CT molecular complexity index is 64.6. The highest BCUT2D eigenvalue weighted by Crippen LogP contribution is 1.86. The number of hydrogen-bond donors (Lipinski definition) is 0. The third-order valence-corrected chi connectivity index (χ3v) is 0.621. The van der Waals surface area contributed by atoms with E-state index in [2.05, 4.69) is 6.58 Å². The van der Waals surface area contributed by atoms with Gasteiger partial charge in [-0.25, -0.2) is 0 Å². The maximum Gasteiger partial charge on any atom is 0.145 e. The molecule has 0 unspecified atom stereocenters. The minimum atomic E-state index is 0. The van der Waals surface area contributed by atoms with E-state index < -0.39 is 0 Å². The molecule has 0 aliphatic rings. The van der Waals surface area contributed by atoms with Crippen LogP contribution in [-0.4, -0.2) is 6.29 Å². The lowest BCUT2D eigenvalue weighted by atomic mass is 10.3. The van der Waals surface area contributed by atoms with Crippen molar-refractivity contribution in [3.8, 4) is 0 Å². The van der Waals surface area contributed by atoms with Gasteiger partial charge in [-0.05, 0) is 12.0 Å². The summed E-state index contributed by atoms with van der Waals surface area (Å²) in [6.45, 7) is 5.32. The molecule has 0 atom stereocenters. The highest BCUT2D eigenvalue weighted by atomic mass is 16.1. The van der Waals surface area contributed by atoms with Gasteiger partial charge in [-0.2, -0.15) is 0 Å². The van der Waals surface area contributed by atoms with Crippen LogP contribution in [0.25, 0.3) is 0 Å². The van der Waals surface area contributed by atoms with Crippen LogP contribution in [0.15, 0.2) is 12.2 Å². The first-order valence-corrected chi connectivity index (χ1v) is 1.94. The summed E-state index contributed by atoms with van der Waals surface area (Å²) in [5, 5.41) is 0. The largest absolute Gasteiger partial charge is 0.298 e. The third kappa shape index (κ3) is 5.41. The fourth-order valence-electron chi connectivity index (χ4n) is 0.0833. The average molecular weight is 100 g/mol. The van der Waals surface area contributed by atoms with Gasteiger partial charge in [0.15, 0.2) is 0 Å². The molecule has 7 heavy (non-hydrogen) atoms. The van der Waals surface area contributed by atoms with Crippen LogP contribution < -0.4 is 0 Å². The van der Waals surface area contributed by atoms with Crippen molar-refractivity contribution in [1.29, 1.82) is 0 Å². The fraction of sp³-hybridized carbons (Fsp3) is 0.500. The standard InChI is InChI=1S/C5H8O.CH4/c1-3-5(2)4-6;/h4H,2-3H2,1H3;1H4. The molecule has 0 amide bonds. The Morgan fingerprint density at radius 3 is 2.29 bits per heavy atom. The summed E-state index contributed by atoms with van der Waals surface area (Å²) in [4.78, 5) is 9.64. The van der Waals surface area contributed by atoms with Crippen molar-refractivity contribution in [2.75, 3.05) is 0 Å². The minimum Gasteiger partial charge on any atom is -0.298 e. The maximum absolute atomic E-state index is 9.64. The monoisotopic (exact) mass is 100 g/mol. The van der Waals surface area contributed by atoms with Crippen molar-refractivity contribution in [1.82, 2.24) is 0 Å². The average Bonchev–Trinajstić information content (AvgIpc) is 1.65. The zero-order chi connectivity index (χ0) is 4.99. The van der Waals surface area contributed by atoms with Gasteiger partial charge in [0.05, 0.1) is 0 Å². The van der Waals surface area contributed by atoms with Crippen molar-refractivity contribution >= 4 is 6.29 Å². The van der Waals surface area contributed by atoms with Gasteiger partial charge in [0, 0.05) is 0 Å². The zero-order valence-electron chi connectivity index (χ0n) is 3.90. The molecule has 0 heterocycles. The van der Waals surface area contributed by atoms with Gasteiger partial charge in [-0.1, -0.05) is 20.9 Å². The van der Waals surface area contributed by atoms with E-state index in [0.29, 0.717) is 5.57 Å². The van der Waals surface area contributed by atoms with Gasteiger partial charge in [-0.15, -0.1) is 0 Å². The Kier molecular flexibility index (Phi) is 7.46. The Balaban J connectivity index is 0. The molecule has 0 aliphatic carbocycles. The van der Waals surface area contributed by atoms with Crippen molar-refractivity contribution in [2.45, 2.75) is 20.8 Å². The van der Waals surface area contributed by atoms with Gasteiger partial charge in [0.2, 0.25) is 0 Å². The molecule has 0 aromatic heterocycles. The highest BCUT2D eigenvalue weighted by molar-refractivity contribution is 5.71. The van der Waals surface area contributed by atoms with E-state index in [1.165, 1.54) is 0 Å². The van der Waals surface area contributed by atoms with E-state index in [0.717, 1.165) is 12.7 Å². The lowest BCUT2D eigenvalue weighted by molar-refractivity contribution is -0.105. The van der Waals surface area contributed by atoms with Crippen LogP contribution in [0, 0.1) is 0 Å². The van der Waals surface area contributed by atoms with Gasteiger partial charge in [-0.3, -0.25) is 4.79 Å². The SMILES string of the molecule is C.C=C(C=O)CC.